The highest BCUT2D eigenvalue weighted by Gasteiger charge is 2.20. The Morgan fingerprint density at radius 2 is 1.96 bits per heavy atom. The second-order valence-electron chi connectivity index (χ2n) is 5.85. The van der Waals surface area contributed by atoms with Gasteiger partial charge >= 0.3 is 6.03 Å². The predicted octanol–water partition coefficient (Wildman–Crippen LogP) is 4.33. The van der Waals surface area contributed by atoms with Gasteiger partial charge in [-0.2, -0.15) is 5.10 Å². The average Bonchev–Trinajstić information content (AvgIpc) is 2.83. The summed E-state index contributed by atoms with van der Waals surface area (Å²) in [5.41, 5.74) is 4.07. The standard InChI is InChI=1S/C18H22N4O/c1-13-16(14-9-5-3-6-10-14)17(22(2)21-13)20-18(23)19-15-11-7-4-8-12-15/h4,7-9,11-12H,3,5-6,10H2,1-2H3,(H2,19,20,23). The van der Waals surface area contributed by atoms with E-state index in [1.54, 1.807) is 4.68 Å². The number of benzene rings is 1. The molecule has 23 heavy (non-hydrogen) atoms. The molecule has 0 unspecified atom stereocenters. The Kier molecular flexibility index (Phi) is 4.46. The van der Waals surface area contributed by atoms with Crippen molar-refractivity contribution in [2.24, 2.45) is 7.05 Å². The van der Waals surface area contributed by atoms with E-state index < -0.39 is 0 Å². The van der Waals surface area contributed by atoms with Crippen LogP contribution in [0.2, 0.25) is 0 Å². The number of nitrogens with one attached hydrogen (secondary N) is 2. The van der Waals surface area contributed by atoms with Crippen LogP contribution in [0, 0.1) is 6.92 Å². The zero-order valence-corrected chi connectivity index (χ0v) is 13.6. The molecule has 5 heteroatoms. The summed E-state index contributed by atoms with van der Waals surface area (Å²) in [6, 6.07) is 9.17. The van der Waals surface area contributed by atoms with E-state index in [-0.39, 0.29) is 6.03 Å². The monoisotopic (exact) mass is 310 g/mol. The van der Waals surface area contributed by atoms with Gasteiger partial charge in [0.2, 0.25) is 0 Å². The minimum Gasteiger partial charge on any atom is -0.308 e. The normalized spacial score (nSPS) is 14.3. The first-order valence-corrected chi connectivity index (χ1v) is 8.01. The van der Waals surface area contributed by atoms with Crippen molar-refractivity contribution < 1.29 is 4.79 Å². The third kappa shape index (κ3) is 3.44. The summed E-state index contributed by atoms with van der Waals surface area (Å²) in [7, 11) is 1.86. The number of amides is 2. The van der Waals surface area contributed by atoms with Crippen molar-refractivity contribution in [3.8, 4) is 0 Å². The molecule has 0 saturated carbocycles. The van der Waals surface area contributed by atoms with E-state index in [1.165, 1.54) is 18.4 Å². The highest BCUT2D eigenvalue weighted by atomic mass is 16.2. The molecule has 2 aromatic rings. The Morgan fingerprint density at radius 3 is 2.65 bits per heavy atom. The molecule has 2 amide bonds. The summed E-state index contributed by atoms with van der Waals surface area (Å²) in [6.45, 7) is 1.99. The Balaban J connectivity index is 1.82. The Labute approximate surface area is 136 Å². The average molecular weight is 310 g/mol. The fourth-order valence-corrected chi connectivity index (χ4v) is 3.04. The van der Waals surface area contributed by atoms with Crippen LogP contribution in [0.5, 0.6) is 0 Å². The maximum atomic E-state index is 12.3. The predicted molar refractivity (Wildman–Crippen MR) is 93.5 cm³/mol. The lowest BCUT2D eigenvalue weighted by molar-refractivity contribution is 0.262. The number of aromatic nitrogens is 2. The lowest BCUT2D eigenvalue weighted by Crippen LogP contribution is -2.21. The van der Waals surface area contributed by atoms with Gasteiger partial charge in [0, 0.05) is 18.3 Å². The SMILES string of the molecule is Cc1nn(C)c(NC(=O)Nc2ccccc2)c1C1=CCCCC1. The number of nitrogens with zero attached hydrogens (tertiary/aromatic N) is 2. The van der Waals surface area contributed by atoms with Crippen LogP contribution in [0.1, 0.15) is 36.9 Å². The van der Waals surface area contributed by atoms with Gasteiger partial charge in [-0.1, -0.05) is 24.3 Å². The minimum atomic E-state index is -0.253. The van der Waals surface area contributed by atoms with E-state index in [0.29, 0.717) is 0 Å². The fourth-order valence-electron chi connectivity index (χ4n) is 3.04. The number of hydrogen-bond acceptors (Lipinski definition) is 2. The molecule has 5 nitrogen and oxygen atoms in total. The van der Waals surface area contributed by atoms with E-state index in [2.05, 4.69) is 21.8 Å². The molecular weight excluding hydrogens is 288 g/mol. The number of para-hydroxylation sites is 1. The molecule has 1 aromatic heterocycles. The number of hydrogen-bond donors (Lipinski definition) is 2. The van der Waals surface area contributed by atoms with Crippen LogP contribution in [-0.4, -0.2) is 15.8 Å². The highest BCUT2D eigenvalue weighted by molar-refractivity contribution is 6.01. The summed E-state index contributed by atoms with van der Waals surface area (Å²) >= 11 is 0. The van der Waals surface area contributed by atoms with Crippen LogP contribution >= 0.6 is 0 Å². The molecule has 2 N–H and O–H groups in total. The van der Waals surface area contributed by atoms with Gasteiger partial charge < -0.3 is 5.32 Å². The van der Waals surface area contributed by atoms with E-state index in [9.17, 15) is 4.79 Å². The first-order valence-electron chi connectivity index (χ1n) is 8.01. The zero-order valence-electron chi connectivity index (χ0n) is 13.6. The van der Waals surface area contributed by atoms with Crippen molar-refractivity contribution in [2.45, 2.75) is 32.6 Å². The quantitative estimate of drug-likeness (QED) is 0.886. The summed E-state index contributed by atoms with van der Waals surface area (Å²) in [6.07, 6.45) is 6.84. The molecule has 120 valence electrons. The third-order valence-corrected chi connectivity index (χ3v) is 4.10. The lowest BCUT2D eigenvalue weighted by Gasteiger charge is -2.15. The van der Waals surface area contributed by atoms with Crippen LogP contribution in [0.25, 0.3) is 5.57 Å². The van der Waals surface area contributed by atoms with Gasteiger partial charge in [-0.05, 0) is 50.3 Å². The molecule has 3 rings (SSSR count). The van der Waals surface area contributed by atoms with Crippen molar-refractivity contribution >= 4 is 23.1 Å². The number of allylic oxidation sites excluding steroid dienone is 2. The number of aryl methyl sites for hydroxylation is 2. The van der Waals surface area contributed by atoms with Gasteiger partial charge in [-0.25, -0.2) is 4.79 Å². The van der Waals surface area contributed by atoms with E-state index in [4.69, 9.17) is 0 Å². The van der Waals surface area contributed by atoms with Gasteiger partial charge in [0.25, 0.3) is 0 Å². The second kappa shape index (κ2) is 6.69. The van der Waals surface area contributed by atoms with Crippen LogP contribution in [0.15, 0.2) is 36.4 Å². The Morgan fingerprint density at radius 1 is 1.17 bits per heavy atom. The molecule has 1 heterocycles. The minimum absolute atomic E-state index is 0.253. The van der Waals surface area contributed by atoms with E-state index >= 15 is 0 Å². The number of carbonyl (C=O) groups excluding carboxylic acids is 1. The Hall–Kier alpha value is -2.56. The molecule has 1 aliphatic carbocycles. The van der Waals surface area contributed by atoms with Crippen molar-refractivity contribution in [3.05, 3.63) is 47.7 Å². The zero-order chi connectivity index (χ0) is 16.2. The number of rotatable bonds is 3. The van der Waals surface area contributed by atoms with Crippen molar-refractivity contribution in [1.82, 2.24) is 9.78 Å². The fraction of sp³-hybridized carbons (Fsp3) is 0.333. The lowest BCUT2D eigenvalue weighted by atomic mass is 9.93. The van der Waals surface area contributed by atoms with Crippen molar-refractivity contribution in [3.63, 3.8) is 0 Å². The topological polar surface area (TPSA) is 59.0 Å². The summed E-state index contributed by atoms with van der Waals surface area (Å²) in [5, 5.41) is 10.3. The highest BCUT2D eigenvalue weighted by Crippen LogP contribution is 2.33. The molecule has 0 fully saturated rings. The summed E-state index contributed by atoms with van der Waals surface area (Å²) in [5.74, 6) is 0.754. The van der Waals surface area contributed by atoms with Crippen LogP contribution in [0.4, 0.5) is 16.3 Å². The second-order valence-corrected chi connectivity index (χ2v) is 5.85. The first-order chi connectivity index (χ1) is 11.1. The van der Waals surface area contributed by atoms with E-state index in [1.807, 2.05) is 44.3 Å². The van der Waals surface area contributed by atoms with Gasteiger partial charge in [0.1, 0.15) is 5.82 Å². The smallest absolute Gasteiger partial charge is 0.308 e. The van der Waals surface area contributed by atoms with Gasteiger partial charge in [-0.3, -0.25) is 10.00 Å². The van der Waals surface area contributed by atoms with Gasteiger partial charge in [0.05, 0.1) is 5.69 Å². The molecule has 0 bridgehead atoms. The summed E-state index contributed by atoms with van der Waals surface area (Å²) in [4.78, 5) is 12.3. The molecule has 0 saturated heterocycles. The van der Waals surface area contributed by atoms with Crippen LogP contribution in [0.3, 0.4) is 0 Å². The van der Waals surface area contributed by atoms with Crippen molar-refractivity contribution in [1.29, 1.82) is 0 Å². The van der Waals surface area contributed by atoms with Gasteiger partial charge in [-0.15, -0.1) is 0 Å². The van der Waals surface area contributed by atoms with Crippen molar-refractivity contribution in [2.75, 3.05) is 10.6 Å². The molecule has 0 radical (unpaired) electrons. The molecule has 1 aliphatic rings. The first kappa shape index (κ1) is 15.3. The molecule has 1 aromatic carbocycles. The molecule has 0 aliphatic heterocycles. The third-order valence-electron chi connectivity index (χ3n) is 4.10. The van der Waals surface area contributed by atoms with E-state index in [0.717, 1.165) is 35.6 Å². The molecule has 0 atom stereocenters. The Bertz CT molecular complexity index is 731. The number of anilines is 2. The maximum Gasteiger partial charge on any atom is 0.324 e. The van der Waals surface area contributed by atoms with Crippen LogP contribution in [-0.2, 0) is 7.05 Å². The summed E-state index contributed by atoms with van der Waals surface area (Å²) < 4.78 is 1.74. The molecule has 0 spiro atoms. The van der Waals surface area contributed by atoms with Gasteiger partial charge in [0.15, 0.2) is 0 Å². The van der Waals surface area contributed by atoms with Crippen LogP contribution < -0.4 is 10.6 Å². The maximum absolute atomic E-state index is 12.3. The number of carbonyl (C=O) groups is 1. The number of urea groups is 1. The molecular formula is C18H22N4O. The largest absolute Gasteiger partial charge is 0.324 e.